The molecule has 4 aromatic rings. The van der Waals surface area contributed by atoms with Crippen molar-refractivity contribution in [2.45, 2.75) is 12.6 Å². The lowest BCUT2D eigenvalue weighted by molar-refractivity contribution is -0.122. The van der Waals surface area contributed by atoms with Crippen LogP contribution in [-0.2, 0) is 11.3 Å². The van der Waals surface area contributed by atoms with E-state index >= 15 is 0 Å². The quantitative estimate of drug-likeness (QED) is 0.429. The summed E-state index contributed by atoms with van der Waals surface area (Å²) in [5.41, 5.74) is 2.42. The average Bonchev–Trinajstić information content (AvgIpc) is 3.36. The number of fused-ring (bicyclic) bond motifs is 1. The normalized spacial score (nSPS) is 15.7. The van der Waals surface area contributed by atoms with Crippen LogP contribution < -0.4 is 15.6 Å². The van der Waals surface area contributed by atoms with Crippen LogP contribution in [0.2, 0.25) is 0 Å². The molecule has 1 fully saturated rings. The Bertz CT molecular complexity index is 1340. The van der Waals surface area contributed by atoms with E-state index < -0.39 is 6.04 Å². The number of amides is 1. The average molecular weight is 490 g/mol. The smallest absolute Gasteiger partial charge is 0.258 e. The number of nitrogens with zero attached hydrogens (tertiary/aromatic N) is 4. The summed E-state index contributed by atoms with van der Waals surface area (Å²) in [6, 6.07) is 18.4. The van der Waals surface area contributed by atoms with Crippen molar-refractivity contribution >= 4 is 27.9 Å². The molecule has 9 heteroatoms. The molecule has 5 rings (SSSR count). The number of hydrogen-bond acceptors (Lipinski definition) is 7. The van der Waals surface area contributed by atoms with Gasteiger partial charge in [-0.25, -0.2) is 4.98 Å². The maximum absolute atomic E-state index is 13.4. The molecule has 0 radical (unpaired) electrons. The van der Waals surface area contributed by atoms with Gasteiger partial charge in [0.15, 0.2) is 4.96 Å². The number of carbonyl (C=O) groups excluding carboxylic acids is 1. The van der Waals surface area contributed by atoms with Gasteiger partial charge in [-0.05, 0) is 29.8 Å². The van der Waals surface area contributed by atoms with E-state index in [-0.39, 0.29) is 11.5 Å². The Balaban J connectivity index is 1.28. The van der Waals surface area contributed by atoms with Crippen molar-refractivity contribution in [3.8, 4) is 5.75 Å². The van der Waals surface area contributed by atoms with E-state index in [4.69, 9.17) is 4.74 Å². The summed E-state index contributed by atoms with van der Waals surface area (Å²) in [7, 11) is 1.62. The number of hydrogen-bond donors (Lipinski definition) is 1. The second-order valence-corrected chi connectivity index (χ2v) is 9.36. The number of methoxy groups -OCH3 is 1. The zero-order valence-corrected chi connectivity index (χ0v) is 20.3. The lowest BCUT2D eigenvalue weighted by Crippen LogP contribution is -2.49. The van der Waals surface area contributed by atoms with Gasteiger partial charge in [-0.1, -0.05) is 30.3 Å². The highest BCUT2D eigenvalue weighted by Gasteiger charge is 2.30. The van der Waals surface area contributed by atoms with Crippen LogP contribution in [-0.4, -0.2) is 58.4 Å². The Kier molecular flexibility index (Phi) is 6.89. The highest BCUT2D eigenvalue weighted by Crippen LogP contribution is 2.25. The van der Waals surface area contributed by atoms with Crippen molar-refractivity contribution in [1.29, 1.82) is 0 Å². The third-order valence-corrected chi connectivity index (χ3v) is 6.99. The molecular weight excluding hydrogens is 462 g/mol. The fraction of sp³-hybridized carbons (Fsp3) is 0.269. The van der Waals surface area contributed by atoms with Crippen molar-refractivity contribution in [3.63, 3.8) is 0 Å². The first kappa shape index (κ1) is 23.2. The molecule has 8 nitrogen and oxygen atoms in total. The number of ether oxygens (including phenoxy) is 1. The van der Waals surface area contributed by atoms with E-state index in [0.717, 1.165) is 48.9 Å². The zero-order chi connectivity index (χ0) is 24.2. The van der Waals surface area contributed by atoms with E-state index in [2.05, 4.69) is 20.1 Å². The number of anilines is 1. The highest BCUT2D eigenvalue weighted by atomic mass is 32.1. The van der Waals surface area contributed by atoms with E-state index in [1.165, 1.54) is 11.3 Å². The molecular formula is C26H27N5O3S. The first-order chi connectivity index (χ1) is 17.1. The molecule has 2 aromatic carbocycles. The van der Waals surface area contributed by atoms with Crippen LogP contribution in [0.3, 0.4) is 0 Å². The summed E-state index contributed by atoms with van der Waals surface area (Å²) in [5, 5.41) is 4.93. The van der Waals surface area contributed by atoms with Crippen molar-refractivity contribution in [3.05, 3.63) is 93.9 Å². The predicted molar refractivity (Wildman–Crippen MR) is 137 cm³/mol. The molecule has 1 atom stereocenters. The highest BCUT2D eigenvalue weighted by molar-refractivity contribution is 7.15. The molecule has 0 bridgehead atoms. The van der Waals surface area contributed by atoms with E-state index in [9.17, 15) is 9.59 Å². The van der Waals surface area contributed by atoms with Gasteiger partial charge in [0, 0.05) is 56.1 Å². The molecule has 0 spiro atoms. The van der Waals surface area contributed by atoms with Crippen molar-refractivity contribution in [1.82, 2.24) is 19.2 Å². The lowest BCUT2D eigenvalue weighted by atomic mass is 10.0. The maximum atomic E-state index is 13.4. The summed E-state index contributed by atoms with van der Waals surface area (Å²) >= 11 is 1.46. The minimum atomic E-state index is -0.398. The topological polar surface area (TPSA) is 79.2 Å². The molecule has 35 heavy (non-hydrogen) atoms. The largest absolute Gasteiger partial charge is 0.497 e. The SMILES string of the molecule is COc1ccc(NC(=O)C(c2ccccc2)N2CCN(Cc3cc(=O)n4ccsc4n3)CC2)cc1. The molecule has 2 aromatic heterocycles. The van der Waals surface area contributed by atoms with Gasteiger partial charge >= 0.3 is 0 Å². The van der Waals surface area contributed by atoms with Gasteiger partial charge in [0.25, 0.3) is 5.56 Å². The Morgan fingerprint density at radius 3 is 2.54 bits per heavy atom. The fourth-order valence-electron chi connectivity index (χ4n) is 4.43. The Hall–Kier alpha value is -3.53. The maximum Gasteiger partial charge on any atom is 0.258 e. The van der Waals surface area contributed by atoms with E-state index in [1.807, 2.05) is 60.0 Å². The molecule has 180 valence electrons. The minimum Gasteiger partial charge on any atom is -0.497 e. The monoisotopic (exact) mass is 489 g/mol. The van der Waals surface area contributed by atoms with Crippen LogP contribution in [0.4, 0.5) is 5.69 Å². The number of benzene rings is 2. The molecule has 1 aliphatic rings. The first-order valence-electron chi connectivity index (χ1n) is 11.5. The van der Waals surface area contributed by atoms with Gasteiger partial charge in [0.05, 0.1) is 12.8 Å². The lowest BCUT2D eigenvalue weighted by Gasteiger charge is -2.38. The summed E-state index contributed by atoms with van der Waals surface area (Å²) in [4.78, 5) is 35.6. The molecule has 1 unspecified atom stereocenters. The van der Waals surface area contributed by atoms with Gasteiger partial charge < -0.3 is 10.1 Å². The first-order valence-corrected chi connectivity index (χ1v) is 12.4. The number of carbonyl (C=O) groups is 1. The Morgan fingerprint density at radius 1 is 1.09 bits per heavy atom. The van der Waals surface area contributed by atoms with Gasteiger partial charge in [-0.3, -0.25) is 23.8 Å². The Morgan fingerprint density at radius 2 is 1.83 bits per heavy atom. The van der Waals surface area contributed by atoms with Gasteiger partial charge in [0.2, 0.25) is 5.91 Å². The fourth-order valence-corrected chi connectivity index (χ4v) is 5.16. The molecule has 3 heterocycles. The molecule has 1 N–H and O–H groups in total. The molecule has 0 aliphatic carbocycles. The number of piperazine rings is 1. The van der Waals surface area contributed by atoms with Crippen molar-refractivity contribution in [2.24, 2.45) is 0 Å². The van der Waals surface area contributed by atoms with Crippen LogP contribution >= 0.6 is 11.3 Å². The van der Waals surface area contributed by atoms with Gasteiger partial charge in [-0.15, -0.1) is 11.3 Å². The summed E-state index contributed by atoms with van der Waals surface area (Å²) in [6.07, 6.45) is 1.75. The van der Waals surface area contributed by atoms with Gasteiger partial charge in [-0.2, -0.15) is 0 Å². The van der Waals surface area contributed by atoms with E-state index in [1.54, 1.807) is 23.8 Å². The standard InChI is InChI=1S/C26H27N5O3S/c1-34-22-9-7-20(8-10-22)27-25(33)24(19-5-3-2-4-6-19)30-13-11-29(12-14-30)18-21-17-23(32)31-15-16-35-26(31)28-21/h2-10,15-17,24H,11-14,18H2,1H3,(H,27,33). The molecule has 1 aliphatic heterocycles. The third kappa shape index (κ3) is 5.27. The van der Waals surface area contributed by atoms with Crippen molar-refractivity contribution < 1.29 is 9.53 Å². The summed E-state index contributed by atoms with van der Waals surface area (Å²) < 4.78 is 6.78. The number of thiazole rings is 1. The van der Waals surface area contributed by atoms with Crippen LogP contribution in [0.1, 0.15) is 17.3 Å². The van der Waals surface area contributed by atoms with Crippen LogP contribution in [0.5, 0.6) is 5.75 Å². The zero-order valence-electron chi connectivity index (χ0n) is 19.5. The van der Waals surface area contributed by atoms with Crippen molar-refractivity contribution in [2.75, 3.05) is 38.6 Å². The van der Waals surface area contributed by atoms with Crippen LogP contribution in [0.25, 0.3) is 4.96 Å². The second kappa shape index (κ2) is 10.4. The van der Waals surface area contributed by atoms with Crippen LogP contribution in [0, 0.1) is 0 Å². The summed E-state index contributed by atoms with van der Waals surface area (Å²) in [5.74, 6) is 0.682. The second-order valence-electron chi connectivity index (χ2n) is 8.48. The van der Waals surface area contributed by atoms with Crippen LogP contribution in [0.15, 0.2) is 77.0 Å². The predicted octanol–water partition coefficient (Wildman–Crippen LogP) is 3.26. The Labute approximate surface area is 207 Å². The molecule has 0 saturated carbocycles. The van der Waals surface area contributed by atoms with E-state index in [0.29, 0.717) is 11.5 Å². The summed E-state index contributed by atoms with van der Waals surface area (Å²) in [6.45, 7) is 3.65. The molecule has 1 amide bonds. The number of rotatable bonds is 7. The molecule has 1 saturated heterocycles. The number of aromatic nitrogens is 2. The van der Waals surface area contributed by atoms with Gasteiger partial charge in [0.1, 0.15) is 11.8 Å². The third-order valence-electron chi connectivity index (χ3n) is 6.24. The number of nitrogens with one attached hydrogen (secondary N) is 1. The minimum absolute atomic E-state index is 0.0516.